The number of ether oxygens (including phenoxy) is 3. The number of nitrogens with one attached hydrogen (secondary N) is 1. The largest absolute Gasteiger partial charge is 0.462 e. The molecule has 1 saturated heterocycles. The van der Waals surface area contributed by atoms with Gasteiger partial charge in [0.25, 0.3) is 5.91 Å². The summed E-state index contributed by atoms with van der Waals surface area (Å²) in [7, 11) is -4.04. The molecule has 0 radical (unpaired) electrons. The molecule has 1 amide bonds. The lowest BCUT2D eigenvalue weighted by Gasteiger charge is -2.26. The molecule has 2 aromatic carbocycles. The number of morpholine rings is 1. The summed E-state index contributed by atoms with van der Waals surface area (Å²) in [6.45, 7) is 1.78. The van der Waals surface area contributed by atoms with Crippen molar-refractivity contribution in [1.82, 2.24) is 4.31 Å². The number of carbonyl (C=O) groups excluding carboxylic acids is 3. The maximum atomic E-state index is 13.1. The highest BCUT2D eigenvalue weighted by Gasteiger charge is 2.31. The third-order valence-electron chi connectivity index (χ3n) is 5.77. The molecule has 10 nitrogen and oxygen atoms in total. The quantitative estimate of drug-likeness (QED) is 0.338. The fraction of sp³-hybridized carbons (Fsp3) is 0.269. The number of carbonyl (C=O) groups is 3. The smallest absolute Gasteiger partial charge is 0.341 e. The molecule has 1 fully saturated rings. The van der Waals surface area contributed by atoms with E-state index in [0.717, 1.165) is 29.0 Å². The third-order valence-corrected chi connectivity index (χ3v) is 9.34. The zero-order valence-electron chi connectivity index (χ0n) is 21.1. The van der Waals surface area contributed by atoms with Crippen molar-refractivity contribution in [3.63, 3.8) is 0 Å². The Balaban J connectivity index is 1.50. The van der Waals surface area contributed by atoms with Crippen LogP contribution in [-0.2, 0) is 29.0 Å². The predicted octanol–water partition coefficient (Wildman–Crippen LogP) is 4.72. The van der Waals surface area contributed by atoms with Crippen LogP contribution in [0.4, 0.5) is 5.00 Å². The van der Waals surface area contributed by atoms with Crippen molar-refractivity contribution in [3.8, 4) is 11.1 Å². The number of thiophene rings is 1. The topological polar surface area (TPSA) is 128 Å². The van der Waals surface area contributed by atoms with E-state index >= 15 is 0 Å². The minimum atomic E-state index is -4.04. The Morgan fingerprint density at radius 3 is 2.40 bits per heavy atom. The average molecular weight is 628 g/mol. The summed E-state index contributed by atoms with van der Waals surface area (Å²) in [5.41, 5.74) is 1.24. The molecule has 0 bridgehead atoms. The van der Waals surface area contributed by atoms with Gasteiger partial charge in [-0.1, -0.05) is 53.5 Å². The second-order valence-electron chi connectivity index (χ2n) is 8.34. The van der Waals surface area contributed by atoms with Gasteiger partial charge in [-0.25, -0.2) is 18.0 Å². The first kappa shape index (κ1) is 30.0. The molecule has 0 aliphatic carbocycles. The predicted molar refractivity (Wildman–Crippen MR) is 151 cm³/mol. The van der Waals surface area contributed by atoms with E-state index in [1.807, 2.05) is 30.3 Å². The monoisotopic (exact) mass is 626 g/mol. The molecule has 1 aromatic heterocycles. The summed E-state index contributed by atoms with van der Waals surface area (Å²) in [5.74, 6) is -2.37. The maximum absolute atomic E-state index is 13.1. The van der Waals surface area contributed by atoms with E-state index < -0.39 is 34.5 Å². The lowest BCUT2D eigenvalue weighted by atomic mass is 10.0. The van der Waals surface area contributed by atoms with Crippen LogP contribution < -0.4 is 5.32 Å². The molecule has 4 rings (SSSR count). The first-order valence-corrected chi connectivity index (χ1v) is 15.1. The number of hydrogen-bond acceptors (Lipinski definition) is 9. The van der Waals surface area contributed by atoms with Gasteiger partial charge in [-0.15, -0.1) is 11.3 Å². The van der Waals surface area contributed by atoms with Crippen molar-refractivity contribution in [2.45, 2.75) is 11.8 Å². The highest BCUT2D eigenvalue weighted by molar-refractivity contribution is 7.89. The third kappa shape index (κ3) is 6.65. The number of sulfonamides is 1. The van der Waals surface area contributed by atoms with Crippen LogP contribution in [0.5, 0.6) is 0 Å². The van der Waals surface area contributed by atoms with Crippen LogP contribution in [0, 0.1) is 0 Å². The number of rotatable bonds is 9. The Labute approximate surface area is 244 Å². The summed E-state index contributed by atoms with van der Waals surface area (Å²) >= 11 is 13.4. The van der Waals surface area contributed by atoms with Crippen molar-refractivity contribution >= 4 is 67.4 Å². The van der Waals surface area contributed by atoms with Gasteiger partial charge in [0, 0.05) is 24.0 Å². The molecule has 212 valence electrons. The summed E-state index contributed by atoms with van der Waals surface area (Å²) < 4.78 is 42.9. The fourth-order valence-electron chi connectivity index (χ4n) is 3.87. The van der Waals surface area contributed by atoms with Crippen LogP contribution in [-0.4, -0.2) is 70.1 Å². The molecular weight excluding hydrogens is 603 g/mol. The standard InChI is InChI=1S/C26H24Cl2N2O8S2/c1-2-37-26(33)23-18(16-6-4-3-5-7-16)15-39-24(23)29-22(31)14-38-25(32)17-12-21(20(28)13-19(17)27)40(34,35)30-8-10-36-11-9-30/h3-7,12-13,15H,2,8-11,14H2,1H3,(H,29,31). The van der Waals surface area contributed by atoms with Crippen LogP contribution in [0.15, 0.2) is 52.7 Å². The number of nitrogens with zero attached hydrogens (tertiary/aromatic N) is 1. The molecule has 0 unspecified atom stereocenters. The van der Waals surface area contributed by atoms with Gasteiger partial charge in [0.2, 0.25) is 10.0 Å². The minimum absolute atomic E-state index is 0.129. The van der Waals surface area contributed by atoms with E-state index in [2.05, 4.69) is 5.32 Å². The zero-order chi connectivity index (χ0) is 28.9. The summed E-state index contributed by atoms with van der Waals surface area (Å²) in [6.07, 6.45) is 0. The van der Waals surface area contributed by atoms with Crippen molar-refractivity contribution in [1.29, 1.82) is 0 Å². The van der Waals surface area contributed by atoms with Gasteiger partial charge in [0.15, 0.2) is 6.61 Å². The summed E-state index contributed by atoms with van der Waals surface area (Å²) in [6, 6.07) is 11.3. The van der Waals surface area contributed by atoms with Gasteiger partial charge >= 0.3 is 11.9 Å². The Morgan fingerprint density at radius 2 is 1.73 bits per heavy atom. The van der Waals surface area contributed by atoms with Gasteiger partial charge in [-0.3, -0.25) is 4.79 Å². The van der Waals surface area contributed by atoms with Crippen LogP contribution in [0.3, 0.4) is 0 Å². The van der Waals surface area contributed by atoms with Crippen LogP contribution in [0.25, 0.3) is 11.1 Å². The Bertz CT molecular complexity index is 1520. The summed E-state index contributed by atoms with van der Waals surface area (Å²) in [4.78, 5) is 37.9. The van der Waals surface area contributed by atoms with Gasteiger partial charge < -0.3 is 19.5 Å². The molecule has 1 N–H and O–H groups in total. The van der Waals surface area contributed by atoms with E-state index in [9.17, 15) is 22.8 Å². The molecule has 0 saturated carbocycles. The minimum Gasteiger partial charge on any atom is -0.462 e. The first-order valence-electron chi connectivity index (χ1n) is 12.0. The second kappa shape index (κ2) is 13.1. The van der Waals surface area contributed by atoms with Gasteiger partial charge in [0.05, 0.1) is 35.4 Å². The molecule has 1 aliphatic rings. The average Bonchev–Trinajstić information content (AvgIpc) is 3.36. The van der Waals surface area contributed by atoms with E-state index in [1.54, 1.807) is 12.3 Å². The van der Waals surface area contributed by atoms with Crippen LogP contribution in [0.2, 0.25) is 10.0 Å². The summed E-state index contributed by atoms with van der Waals surface area (Å²) in [5, 5.41) is 4.21. The van der Waals surface area contributed by atoms with E-state index in [-0.39, 0.29) is 64.0 Å². The SMILES string of the molecule is CCOC(=O)c1c(-c2ccccc2)csc1NC(=O)COC(=O)c1cc(S(=O)(=O)N2CCOCC2)c(Cl)cc1Cl. The van der Waals surface area contributed by atoms with Crippen molar-refractivity contribution in [3.05, 3.63) is 69.0 Å². The number of amides is 1. The van der Waals surface area contributed by atoms with E-state index in [1.165, 1.54) is 4.31 Å². The maximum Gasteiger partial charge on any atom is 0.341 e. The Hall–Kier alpha value is -3.00. The molecule has 14 heteroatoms. The number of halogens is 2. The van der Waals surface area contributed by atoms with Crippen molar-refractivity contribution in [2.75, 3.05) is 44.8 Å². The van der Waals surface area contributed by atoms with Crippen molar-refractivity contribution in [2.24, 2.45) is 0 Å². The lowest BCUT2D eigenvalue weighted by molar-refractivity contribution is -0.119. The van der Waals surface area contributed by atoms with Gasteiger partial charge in [0.1, 0.15) is 15.5 Å². The number of benzene rings is 2. The van der Waals surface area contributed by atoms with Gasteiger partial charge in [-0.05, 0) is 24.6 Å². The van der Waals surface area contributed by atoms with E-state index in [4.69, 9.17) is 37.4 Å². The molecule has 1 aliphatic heterocycles. The van der Waals surface area contributed by atoms with Crippen LogP contribution in [0.1, 0.15) is 27.6 Å². The number of esters is 2. The highest BCUT2D eigenvalue weighted by atomic mass is 35.5. The molecule has 0 atom stereocenters. The molecule has 0 spiro atoms. The Morgan fingerprint density at radius 1 is 1.02 bits per heavy atom. The number of anilines is 1. The van der Waals surface area contributed by atoms with Crippen molar-refractivity contribution < 1.29 is 37.0 Å². The molecule has 3 aromatic rings. The van der Waals surface area contributed by atoms with Gasteiger partial charge in [-0.2, -0.15) is 4.31 Å². The second-order valence-corrected chi connectivity index (χ2v) is 11.9. The fourth-order valence-corrected chi connectivity index (χ4v) is 7.07. The van der Waals surface area contributed by atoms with Crippen LogP contribution >= 0.6 is 34.5 Å². The highest BCUT2D eigenvalue weighted by Crippen LogP contribution is 2.36. The number of hydrogen-bond donors (Lipinski definition) is 1. The Kier molecular flexibility index (Phi) is 9.82. The molecule has 2 heterocycles. The van der Waals surface area contributed by atoms with E-state index in [0.29, 0.717) is 5.56 Å². The zero-order valence-corrected chi connectivity index (χ0v) is 24.3. The lowest BCUT2D eigenvalue weighted by Crippen LogP contribution is -2.40. The normalized spacial score (nSPS) is 14.0. The first-order chi connectivity index (χ1) is 19.1. The molecular formula is C26H24Cl2N2O8S2. The molecule has 40 heavy (non-hydrogen) atoms.